The maximum atomic E-state index is 9.80. The van der Waals surface area contributed by atoms with Gasteiger partial charge in [-0.3, -0.25) is 4.57 Å². The second-order valence-corrected chi connectivity index (χ2v) is 4.57. The Bertz CT molecular complexity index is 614. The van der Waals surface area contributed by atoms with Crippen LogP contribution in [0.4, 0.5) is 5.82 Å². The summed E-state index contributed by atoms with van der Waals surface area (Å²) in [4.78, 5) is 12.4. The van der Waals surface area contributed by atoms with Crippen LogP contribution < -0.4 is 5.73 Å². The van der Waals surface area contributed by atoms with Crippen molar-refractivity contribution >= 4 is 17.0 Å². The molecule has 0 spiro atoms. The van der Waals surface area contributed by atoms with Crippen molar-refractivity contribution in [1.29, 1.82) is 0 Å². The van der Waals surface area contributed by atoms with Gasteiger partial charge in [0.05, 0.1) is 12.7 Å². The third-order valence-electron chi connectivity index (χ3n) is 3.35. The number of rotatable bonds is 2. The number of hydrogen-bond acceptors (Lipinski definition) is 7. The molecule has 8 heteroatoms. The van der Waals surface area contributed by atoms with Crippen molar-refractivity contribution < 1.29 is 14.9 Å². The molecule has 102 valence electrons. The first kappa shape index (κ1) is 12.3. The minimum atomic E-state index is -0.703. The van der Waals surface area contributed by atoms with Gasteiger partial charge in [-0.05, 0) is 6.92 Å². The summed E-state index contributed by atoms with van der Waals surface area (Å²) in [5, 5.41) is 18.9. The number of anilines is 1. The highest BCUT2D eigenvalue weighted by Gasteiger charge is 2.36. The SMILES string of the molecule is Cc1nc2c(N)ncnc2n1[C@H]1C[C@H](O)[C@@H](CO)O1. The molecule has 8 nitrogen and oxygen atoms in total. The van der Waals surface area contributed by atoms with E-state index in [4.69, 9.17) is 15.6 Å². The Kier molecular flexibility index (Phi) is 2.85. The fourth-order valence-electron chi connectivity index (χ4n) is 2.42. The molecule has 0 unspecified atom stereocenters. The molecule has 0 aliphatic carbocycles. The Labute approximate surface area is 108 Å². The van der Waals surface area contributed by atoms with Crippen LogP contribution in [0.5, 0.6) is 0 Å². The number of nitrogens with two attached hydrogens (primary N) is 1. The molecular formula is C11H15N5O3. The minimum Gasteiger partial charge on any atom is -0.394 e. The molecule has 0 saturated carbocycles. The van der Waals surface area contributed by atoms with Crippen molar-refractivity contribution in [2.45, 2.75) is 31.8 Å². The summed E-state index contributed by atoms with van der Waals surface area (Å²) in [6, 6.07) is 0. The van der Waals surface area contributed by atoms with E-state index in [1.165, 1.54) is 6.33 Å². The predicted octanol–water partition coefficient (Wildman–Crippen LogP) is -0.642. The van der Waals surface area contributed by atoms with Gasteiger partial charge >= 0.3 is 0 Å². The first-order valence-corrected chi connectivity index (χ1v) is 6.01. The van der Waals surface area contributed by atoms with Gasteiger partial charge in [0, 0.05) is 6.42 Å². The standard InChI is InChI=1S/C11H15N5O3/c1-5-15-9-10(12)13-4-14-11(9)16(5)8-2-6(18)7(3-17)19-8/h4,6-8,17-18H,2-3H2,1H3,(H2,12,13,14)/t6-,7+,8+/m0/s1. The maximum absolute atomic E-state index is 9.80. The van der Waals surface area contributed by atoms with Crippen LogP contribution in [-0.4, -0.2) is 48.5 Å². The molecule has 0 aromatic carbocycles. The van der Waals surface area contributed by atoms with Crippen molar-refractivity contribution in [2.75, 3.05) is 12.3 Å². The number of imidazole rings is 1. The molecule has 0 amide bonds. The van der Waals surface area contributed by atoms with Gasteiger partial charge < -0.3 is 20.7 Å². The van der Waals surface area contributed by atoms with Crippen LogP contribution in [0.2, 0.25) is 0 Å². The van der Waals surface area contributed by atoms with Gasteiger partial charge in [-0.25, -0.2) is 15.0 Å². The van der Waals surface area contributed by atoms with E-state index in [1.807, 2.05) is 6.92 Å². The van der Waals surface area contributed by atoms with E-state index in [2.05, 4.69) is 15.0 Å². The minimum absolute atomic E-state index is 0.222. The molecular weight excluding hydrogens is 250 g/mol. The number of nitrogens with zero attached hydrogens (tertiary/aromatic N) is 4. The molecule has 3 heterocycles. The number of aryl methyl sites for hydroxylation is 1. The van der Waals surface area contributed by atoms with E-state index >= 15 is 0 Å². The van der Waals surface area contributed by atoms with Crippen LogP contribution in [0.3, 0.4) is 0 Å². The second-order valence-electron chi connectivity index (χ2n) is 4.57. The number of aliphatic hydroxyl groups excluding tert-OH is 2. The topological polar surface area (TPSA) is 119 Å². The zero-order chi connectivity index (χ0) is 13.6. The summed E-state index contributed by atoms with van der Waals surface area (Å²) in [7, 11) is 0. The Morgan fingerprint density at radius 2 is 2.32 bits per heavy atom. The molecule has 1 aliphatic heterocycles. The van der Waals surface area contributed by atoms with E-state index in [0.29, 0.717) is 29.2 Å². The molecule has 2 aromatic heterocycles. The van der Waals surface area contributed by atoms with Gasteiger partial charge in [0.2, 0.25) is 0 Å². The summed E-state index contributed by atoms with van der Waals surface area (Å²) in [5.41, 5.74) is 6.85. The third-order valence-corrected chi connectivity index (χ3v) is 3.35. The van der Waals surface area contributed by atoms with Gasteiger partial charge in [-0.2, -0.15) is 0 Å². The largest absolute Gasteiger partial charge is 0.394 e. The lowest BCUT2D eigenvalue weighted by molar-refractivity contribution is -0.0438. The highest BCUT2D eigenvalue weighted by Crippen LogP contribution is 2.32. The highest BCUT2D eigenvalue weighted by atomic mass is 16.5. The number of fused-ring (bicyclic) bond motifs is 1. The first-order valence-electron chi connectivity index (χ1n) is 6.01. The lowest BCUT2D eigenvalue weighted by atomic mass is 10.2. The number of nitrogen functional groups attached to an aromatic ring is 1. The second kappa shape index (κ2) is 4.41. The summed E-state index contributed by atoms with van der Waals surface area (Å²) in [6.07, 6.45) is 0.0459. The molecule has 19 heavy (non-hydrogen) atoms. The quantitative estimate of drug-likeness (QED) is 0.660. The fourth-order valence-corrected chi connectivity index (χ4v) is 2.42. The average molecular weight is 265 g/mol. The summed E-state index contributed by atoms with van der Waals surface area (Å²) in [5.74, 6) is 0.988. The summed E-state index contributed by atoms with van der Waals surface area (Å²) >= 11 is 0. The predicted molar refractivity (Wildman–Crippen MR) is 66.1 cm³/mol. The molecule has 3 rings (SSSR count). The fraction of sp³-hybridized carbons (Fsp3) is 0.545. The van der Waals surface area contributed by atoms with Gasteiger partial charge in [0.25, 0.3) is 0 Å². The van der Waals surface area contributed by atoms with Gasteiger partial charge in [-0.1, -0.05) is 0 Å². The van der Waals surface area contributed by atoms with Crippen LogP contribution in [0, 0.1) is 6.92 Å². The van der Waals surface area contributed by atoms with Gasteiger partial charge in [-0.15, -0.1) is 0 Å². The van der Waals surface area contributed by atoms with Crippen LogP contribution in [0.1, 0.15) is 18.5 Å². The lowest BCUT2D eigenvalue weighted by Gasteiger charge is -2.15. The van der Waals surface area contributed by atoms with Crippen LogP contribution >= 0.6 is 0 Å². The van der Waals surface area contributed by atoms with Crippen molar-refractivity contribution in [3.63, 3.8) is 0 Å². The zero-order valence-corrected chi connectivity index (χ0v) is 10.4. The Balaban J connectivity index is 2.06. The molecule has 2 aromatic rings. The molecule has 4 N–H and O–H groups in total. The monoisotopic (exact) mass is 265 g/mol. The molecule has 0 bridgehead atoms. The van der Waals surface area contributed by atoms with Crippen LogP contribution in [0.15, 0.2) is 6.33 Å². The molecule has 1 aliphatic rings. The van der Waals surface area contributed by atoms with E-state index in [1.54, 1.807) is 4.57 Å². The van der Waals surface area contributed by atoms with Crippen LogP contribution in [0.25, 0.3) is 11.2 Å². The highest BCUT2D eigenvalue weighted by molar-refractivity contribution is 5.81. The third kappa shape index (κ3) is 1.84. The van der Waals surface area contributed by atoms with Crippen molar-refractivity contribution in [3.05, 3.63) is 12.2 Å². The number of aromatic nitrogens is 4. The van der Waals surface area contributed by atoms with Gasteiger partial charge in [0.1, 0.15) is 24.5 Å². The lowest BCUT2D eigenvalue weighted by Crippen LogP contribution is -2.24. The Morgan fingerprint density at radius 3 is 3.00 bits per heavy atom. The summed E-state index contributed by atoms with van der Waals surface area (Å²) < 4.78 is 7.39. The van der Waals surface area contributed by atoms with E-state index in [-0.39, 0.29) is 6.61 Å². The normalized spacial score (nSPS) is 27.2. The van der Waals surface area contributed by atoms with E-state index < -0.39 is 18.4 Å². The van der Waals surface area contributed by atoms with Crippen molar-refractivity contribution in [2.24, 2.45) is 0 Å². The van der Waals surface area contributed by atoms with Crippen LogP contribution in [-0.2, 0) is 4.74 Å². The number of hydrogen-bond donors (Lipinski definition) is 3. The molecule has 1 saturated heterocycles. The van der Waals surface area contributed by atoms with E-state index in [9.17, 15) is 5.11 Å². The van der Waals surface area contributed by atoms with Gasteiger partial charge in [0.15, 0.2) is 17.0 Å². The smallest absolute Gasteiger partial charge is 0.167 e. The Hall–Kier alpha value is -1.77. The first-order chi connectivity index (χ1) is 9.11. The summed E-state index contributed by atoms with van der Waals surface area (Å²) in [6.45, 7) is 1.59. The number of ether oxygens (including phenoxy) is 1. The maximum Gasteiger partial charge on any atom is 0.167 e. The Morgan fingerprint density at radius 1 is 1.53 bits per heavy atom. The zero-order valence-electron chi connectivity index (χ0n) is 10.4. The van der Waals surface area contributed by atoms with Crippen molar-refractivity contribution in [1.82, 2.24) is 19.5 Å². The molecule has 0 radical (unpaired) electrons. The number of aliphatic hydroxyl groups is 2. The average Bonchev–Trinajstić information content (AvgIpc) is 2.90. The van der Waals surface area contributed by atoms with E-state index in [0.717, 1.165) is 0 Å². The molecule has 3 atom stereocenters. The molecule has 1 fully saturated rings. The van der Waals surface area contributed by atoms with Crippen molar-refractivity contribution in [3.8, 4) is 0 Å².